The van der Waals surface area contributed by atoms with Gasteiger partial charge in [-0.3, -0.25) is 9.69 Å². The molecule has 0 saturated heterocycles. The largest absolute Gasteiger partial charge is 0.389 e. The van der Waals surface area contributed by atoms with Gasteiger partial charge in [-0.05, 0) is 26.8 Å². The minimum atomic E-state index is -0.616. The monoisotopic (exact) mass is 238 g/mol. The molecule has 1 atom stereocenters. The fraction of sp³-hybridized carbons (Fsp3) is 0.769. The van der Waals surface area contributed by atoms with E-state index in [1.54, 1.807) is 0 Å². The highest BCUT2D eigenvalue weighted by Gasteiger charge is 2.34. The quantitative estimate of drug-likeness (QED) is 0.680. The number of carbonyl (C=O) groups excluding carboxylic acids is 1. The van der Waals surface area contributed by atoms with E-state index in [1.165, 1.54) is 0 Å². The molecule has 0 aromatic heterocycles. The lowest BCUT2D eigenvalue weighted by atomic mass is 10.0. The number of likely N-dealkylation sites (N-methyl/N-ethyl adjacent to an activating group) is 1. The van der Waals surface area contributed by atoms with Crippen LogP contribution in [0, 0.1) is 12.3 Å². The third kappa shape index (κ3) is 4.03. The zero-order chi connectivity index (χ0) is 12.9. The maximum Gasteiger partial charge on any atom is 0.237 e. The molecule has 96 valence electrons. The lowest BCUT2D eigenvalue weighted by Gasteiger charge is -2.31. The standard InChI is InChI=1S/C13H22N2O2/c1-4-9-14-12(16)11(2)15(3)10-13(17)7-5-6-8-13/h1,11,17H,5-10H2,2-3H3,(H,14,16). The van der Waals surface area contributed by atoms with E-state index >= 15 is 0 Å². The summed E-state index contributed by atoms with van der Waals surface area (Å²) in [6.45, 7) is 2.61. The number of terminal acetylenes is 1. The van der Waals surface area contributed by atoms with Crippen molar-refractivity contribution in [2.24, 2.45) is 0 Å². The van der Waals surface area contributed by atoms with Crippen LogP contribution < -0.4 is 5.32 Å². The number of rotatable bonds is 5. The molecule has 0 aliphatic heterocycles. The molecular weight excluding hydrogens is 216 g/mol. The van der Waals surface area contributed by atoms with Crippen LogP contribution in [-0.2, 0) is 4.79 Å². The summed E-state index contributed by atoms with van der Waals surface area (Å²) in [5.74, 6) is 2.28. The minimum absolute atomic E-state index is 0.0907. The van der Waals surface area contributed by atoms with Gasteiger partial charge in [-0.2, -0.15) is 0 Å². The zero-order valence-corrected chi connectivity index (χ0v) is 10.7. The zero-order valence-electron chi connectivity index (χ0n) is 10.7. The Kier molecular flexibility index (Phi) is 4.98. The summed E-state index contributed by atoms with van der Waals surface area (Å²) in [7, 11) is 1.86. The van der Waals surface area contributed by atoms with Gasteiger partial charge < -0.3 is 10.4 Å². The summed E-state index contributed by atoms with van der Waals surface area (Å²) in [5.41, 5.74) is -0.616. The number of amides is 1. The van der Waals surface area contributed by atoms with Crippen molar-refractivity contribution in [3.05, 3.63) is 0 Å². The van der Waals surface area contributed by atoms with Gasteiger partial charge in [0.15, 0.2) is 0 Å². The predicted molar refractivity (Wildman–Crippen MR) is 67.4 cm³/mol. The third-order valence-electron chi connectivity index (χ3n) is 3.48. The fourth-order valence-electron chi connectivity index (χ4n) is 2.28. The lowest BCUT2D eigenvalue weighted by Crippen LogP contribution is -2.49. The van der Waals surface area contributed by atoms with Gasteiger partial charge >= 0.3 is 0 Å². The lowest BCUT2D eigenvalue weighted by molar-refractivity contribution is -0.126. The highest BCUT2D eigenvalue weighted by atomic mass is 16.3. The Morgan fingerprint density at radius 3 is 2.71 bits per heavy atom. The summed E-state index contributed by atoms with van der Waals surface area (Å²) >= 11 is 0. The maximum absolute atomic E-state index is 11.7. The Morgan fingerprint density at radius 1 is 1.59 bits per heavy atom. The molecular formula is C13H22N2O2. The highest BCUT2D eigenvalue weighted by Crippen LogP contribution is 2.30. The maximum atomic E-state index is 11.7. The first-order valence-electron chi connectivity index (χ1n) is 6.12. The normalized spacial score (nSPS) is 19.9. The second-order valence-corrected chi connectivity index (χ2v) is 4.94. The van der Waals surface area contributed by atoms with Crippen molar-refractivity contribution >= 4 is 5.91 Å². The Labute approximate surface area is 103 Å². The summed E-state index contributed by atoms with van der Waals surface area (Å²) in [4.78, 5) is 13.6. The number of nitrogens with one attached hydrogen (secondary N) is 1. The second kappa shape index (κ2) is 6.04. The average molecular weight is 238 g/mol. The van der Waals surface area contributed by atoms with Crippen LogP contribution in [0.1, 0.15) is 32.6 Å². The van der Waals surface area contributed by atoms with Gasteiger partial charge in [0, 0.05) is 6.54 Å². The summed E-state index contributed by atoms with van der Waals surface area (Å²) in [5, 5.41) is 12.9. The molecule has 0 aromatic rings. The molecule has 0 spiro atoms. The van der Waals surface area contributed by atoms with Gasteiger partial charge in [0.05, 0.1) is 18.2 Å². The van der Waals surface area contributed by atoms with Gasteiger partial charge in [0.25, 0.3) is 0 Å². The minimum Gasteiger partial charge on any atom is -0.389 e. The number of aliphatic hydroxyl groups is 1. The molecule has 1 unspecified atom stereocenters. The molecule has 1 saturated carbocycles. The second-order valence-electron chi connectivity index (χ2n) is 4.94. The highest BCUT2D eigenvalue weighted by molar-refractivity contribution is 5.81. The molecule has 4 heteroatoms. The van der Waals surface area contributed by atoms with Crippen LogP contribution in [0.2, 0.25) is 0 Å². The number of carbonyl (C=O) groups is 1. The molecule has 2 N–H and O–H groups in total. The van der Waals surface area contributed by atoms with E-state index in [4.69, 9.17) is 6.42 Å². The van der Waals surface area contributed by atoms with Crippen molar-refractivity contribution < 1.29 is 9.90 Å². The number of hydrogen-bond donors (Lipinski definition) is 2. The van der Waals surface area contributed by atoms with Gasteiger partial charge in [0.1, 0.15) is 0 Å². The first kappa shape index (κ1) is 14.0. The van der Waals surface area contributed by atoms with Gasteiger partial charge in [-0.15, -0.1) is 6.42 Å². The van der Waals surface area contributed by atoms with Crippen LogP contribution in [0.5, 0.6) is 0 Å². The van der Waals surface area contributed by atoms with E-state index in [2.05, 4.69) is 11.2 Å². The molecule has 4 nitrogen and oxygen atoms in total. The molecule has 0 aromatic carbocycles. The smallest absolute Gasteiger partial charge is 0.237 e. The van der Waals surface area contributed by atoms with E-state index in [9.17, 15) is 9.90 Å². The third-order valence-corrected chi connectivity index (χ3v) is 3.48. The van der Waals surface area contributed by atoms with E-state index in [0.717, 1.165) is 25.7 Å². The van der Waals surface area contributed by atoms with Crippen molar-refractivity contribution in [1.82, 2.24) is 10.2 Å². The summed E-state index contributed by atoms with van der Waals surface area (Å²) in [6, 6.07) is -0.270. The molecule has 0 radical (unpaired) electrons. The van der Waals surface area contributed by atoms with Gasteiger partial charge in [0.2, 0.25) is 5.91 Å². The molecule has 1 rings (SSSR count). The van der Waals surface area contributed by atoms with E-state index in [-0.39, 0.29) is 18.5 Å². The Bertz CT molecular complexity index is 303. The van der Waals surface area contributed by atoms with Crippen molar-refractivity contribution in [3.63, 3.8) is 0 Å². The van der Waals surface area contributed by atoms with Gasteiger partial charge in [-0.25, -0.2) is 0 Å². The van der Waals surface area contributed by atoms with Gasteiger partial charge in [-0.1, -0.05) is 18.8 Å². The molecule has 17 heavy (non-hydrogen) atoms. The van der Waals surface area contributed by atoms with Crippen molar-refractivity contribution in [1.29, 1.82) is 0 Å². The number of hydrogen-bond acceptors (Lipinski definition) is 3. The van der Waals surface area contributed by atoms with Crippen LogP contribution in [0.15, 0.2) is 0 Å². The molecule has 0 bridgehead atoms. The topological polar surface area (TPSA) is 52.6 Å². The fourth-order valence-corrected chi connectivity index (χ4v) is 2.28. The molecule has 1 fully saturated rings. The number of nitrogens with zero attached hydrogens (tertiary/aromatic N) is 1. The SMILES string of the molecule is C#CCNC(=O)C(C)N(C)CC1(O)CCCC1. The van der Waals surface area contributed by atoms with Crippen LogP contribution in [0.4, 0.5) is 0 Å². The first-order valence-corrected chi connectivity index (χ1v) is 6.12. The molecule has 1 aliphatic rings. The van der Waals surface area contributed by atoms with Crippen molar-refractivity contribution in [3.8, 4) is 12.3 Å². The van der Waals surface area contributed by atoms with E-state index < -0.39 is 5.60 Å². The van der Waals surface area contributed by atoms with E-state index in [1.807, 2.05) is 18.9 Å². The molecule has 0 heterocycles. The van der Waals surface area contributed by atoms with Crippen molar-refractivity contribution in [2.45, 2.75) is 44.2 Å². The summed E-state index contributed by atoms with van der Waals surface area (Å²) < 4.78 is 0. The Morgan fingerprint density at radius 2 is 2.18 bits per heavy atom. The Hall–Kier alpha value is -1.05. The first-order chi connectivity index (χ1) is 7.98. The van der Waals surface area contributed by atoms with Crippen LogP contribution in [-0.4, -0.2) is 47.7 Å². The molecule has 1 amide bonds. The molecule has 1 aliphatic carbocycles. The van der Waals surface area contributed by atoms with E-state index in [0.29, 0.717) is 6.54 Å². The van der Waals surface area contributed by atoms with Crippen LogP contribution in [0.25, 0.3) is 0 Å². The average Bonchev–Trinajstić information content (AvgIpc) is 2.71. The van der Waals surface area contributed by atoms with Crippen LogP contribution >= 0.6 is 0 Å². The van der Waals surface area contributed by atoms with Crippen LogP contribution in [0.3, 0.4) is 0 Å². The predicted octanol–water partition coefficient (Wildman–Crippen LogP) is 0.361. The Balaban J connectivity index is 2.43. The van der Waals surface area contributed by atoms with Crippen molar-refractivity contribution in [2.75, 3.05) is 20.1 Å². The summed E-state index contributed by atoms with van der Waals surface area (Å²) in [6.07, 6.45) is 8.89.